The molecular formula is C11H24N2. The number of nitrogens with zero attached hydrogens (tertiary/aromatic N) is 1. The predicted molar refractivity (Wildman–Crippen MR) is 57.7 cm³/mol. The molecule has 1 saturated heterocycles. The Labute approximate surface area is 82.5 Å². The van der Waals surface area contributed by atoms with E-state index < -0.39 is 0 Å². The first kappa shape index (κ1) is 11.0. The summed E-state index contributed by atoms with van der Waals surface area (Å²) in [5.74, 6) is 1.06. The van der Waals surface area contributed by atoms with Gasteiger partial charge < -0.3 is 10.6 Å². The van der Waals surface area contributed by atoms with Gasteiger partial charge >= 0.3 is 0 Å². The summed E-state index contributed by atoms with van der Waals surface area (Å²) in [4.78, 5) is 2.66. The number of rotatable bonds is 2. The SMILES string of the molecule is C1CCC(CN2CCCC2)C1.CN. The highest BCUT2D eigenvalue weighted by Gasteiger charge is 2.19. The fourth-order valence-electron chi connectivity index (χ4n) is 2.52. The molecule has 2 N–H and O–H groups in total. The van der Waals surface area contributed by atoms with E-state index in [1.807, 2.05) is 0 Å². The summed E-state index contributed by atoms with van der Waals surface area (Å²) in [6.45, 7) is 4.19. The molecule has 1 aliphatic carbocycles. The van der Waals surface area contributed by atoms with Crippen LogP contribution < -0.4 is 5.73 Å². The smallest absolute Gasteiger partial charge is 0.000966 e. The average Bonchev–Trinajstić information content (AvgIpc) is 2.81. The number of nitrogens with two attached hydrogens (primary N) is 1. The van der Waals surface area contributed by atoms with Crippen molar-refractivity contribution in [2.75, 3.05) is 26.7 Å². The van der Waals surface area contributed by atoms with Crippen molar-refractivity contribution in [3.63, 3.8) is 0 Å². The minimum Gasteiger partial charge on any atom is -0.333 e. The van der Waals surface area contributed by atoms with Crippen LogP contribution >= 0.6 is 0 Å². The summed E-state index contributed by atoms with van der Waals surface area (Å²) in [5, 5.41) is 0. The van der Waals surface area contributed by atoms with Crippen molar-refractivity contribution in [1.29, 1.82) is 0 Å². The van der Waals surface area contributed by atoms with Crippen LogP contribution in [0, 0.1) is 5.92 Å². The standard InChI is InChI=1S/C10H19N.CH5N/c1-2-6-10(5-1)9-11-7-3-4-8-11;1-2/h10H,1-9H2;2H2,1H3. The molecule has 0 radical (unpaired) electrons. The third kappa shape index (κ3) is 3.65. The molecule has 2 nitrogen and oxygen atoms in total. The van der Waals surface area contributed by atoms with E-state index >= 15 is 0 Å². The normalized spacial score (nSPS) is 24.5. The first-order chi connectivity index (χ1) is 6.45. The lowest BCUT2D eigenvalue weighted by atomic mass is 10.1. The van der Waals surface area contributed by atoms with Crippen LogP contribution in [-0.2, 0) is 0 Å². The summed E-state index contributed by atoms with van der Waals surface area (Å²) in [6, 6.07) is 0. The average molecular weight is 184 g/mol. The second-order valence-electron chi connectivity index (χ2n) is 4.16. The molecule has 0 bridgehead atoms. The third-order valence-electron chi connectivity index (χ3n) is 3.19. The van der Waals surface area contributed by atoms with Crippen molar-refractivity contribution in [2.45, 2.75) is 38.5 Å². The van der Waals surface area contributed by atoms with E-state index in [4.69, 9.17) is 0 Å². The highest BCUT2D eigenvalue weighted by Crippen LogP contribution is 2.26. The van der Waals surface area contributed by atoms with Crippen LogP contribution in [0.4, 0.5) is 0 Å². The maximum atomic E-state index is 4.50. The molecule has 13 heavy (non-hydrogen) atoms. The molecule has 0 atom stereocenters. The summed E-state index contributed by atoms with van der Waals surface area (Å²) >= 11 is 0. The van der Waals surface area contributed by atoms with Gasteiger partial charge in [0.2, 0.25) is 0 Å². The van der Waals surface area contributed by atoms with Gasteiger partial charge in [0, 0.05) is 6.54 Å². The van der Waals surface area contributed by atoms with Gasteiger partial charge in [0.25, 0.3) is 0 Å². The van der Waals surface area contributed by atoms with Gasteiger partial charge in [0.05, 0.1) is 0 Å². The van der Waals surface area contributed by atoms with Gasteiger partial charge in [-0.15, -0.1) is 0 Å². The van der Waals surface area contributed by atoms with Gasteiger partial charge in [0.1, 0.15) is 0 Å². The molecule has 0 spiro atoms. The monoisotopic (exact) mass is 184 g/mol. The minimum atomic E-state index is 1.06. The molecule has 1 aliphatic heterocycles. The molecule has 0 unspecified atom stereocenters. The lowest BCUT2D eigenvalue weighted by molar-refractivity contribution is 0.280. The summed E-state index contributed by atoms with van der Waals surface area (Å²) in [6.07, 6.45) is 8.92. The number of hydrogen-bond acceptors (Lipinski definition) is 2. The van der Waals surface area contributed by atoms with E-state index in [1.165, 1.54) is 65.2 Å². The van der Waals surface area contributed by atoms with Gasteiger partial charge in [-0.3, -0.25) is 0 Å². The van der Waals surface area contributed by atoms with Crippen LogP contribution in [0.5, 0.6) is 0 Å². The zero-order valence-electron chi connectivity index (χ0n) is 8.97. The van der Waals surface area contributed by atoms with Gasteiger partial charge in [0.15, 0.2) is 0 Å². The van der Waals surface area contributed by atoms with Crippen LogP contribution in [-0.4, -0.2) is 31.6 Å². The lowest BCUT2D eigenvalue weighted by Gasteiger charge is -2.18. The van der Waals surface area contributed by atoms with E-state index in [0.717, 1.165) is 5.92 Å². The zero-order valence-corrected chi connectivity index (χ0v) is 8.97. The second kappa shape index (κ2) is 6.39. The Morgan fingerprint density at radius 3 is 2.08 bits per heavy atom. The molecule has 2 aliphatic rings. The van der Waals surface area contributed by atoms with Crippen LogP contribution in [0.1, 0.15) is 38.5 Å². The van der Waals surface area contributed by atoms with Crippen molar-refractivity contribution in [1.82, 2.24) is 4.90 Å². The first-order valence-electron chi connectivity index (χ1n) is 5.75. The van der Waals surface area contributed by atoms with Gasteiger partial charge in [-0.25, -0.2) is 0 Å². The molecule has 2 heteroatoms. The lowest BCUT2D eigenvalue weighted by Crippen LogP contribution is -2.25. The first-order valence-corrected chi connectivity index (χ1v) is 5.75. The van der Waals surface area contributed by atoms with E-state index in [1.54, 1.807) is 0 Å². The Hall–Kier alpha value is -0.0800. The quantitative estimate of drug-likeness (QED) is 0.709. The van der Waals surface area contributed by atoms with Crippen molar-refractivity contribution in [2.24, 2.45) is 11.7 Å². The molecule has 78 valence electrons. The molecule has 0 aromatic rings. The highest BCUT2D eigenvalue weighted by atomic mass is 15.1. The second-order valence-corrected chi connectivity index (χ2v) is 4.16. The van der Waals surface area contributed by atoms with Gasteiger partial charge in [-0.2, -0.15) is 0 Å². The van der Waals surface area contributed by atoms with E-state index in [2.05, 4.69) is 10.6 Å². The Bertz CT molecular complexity index is 99.3. The summed E-state index contributed by atoms with van der Waals surface area (Å²) < 4.78 is 0. The van der Waals surface area contributed by atoms with E-state index in [-0.39, 0.29) is 0 Å². The van der Waals surface area contributed by atoms with Gasteiger partial charge in [-0.05, 0) is 51.7 Å². The van der Waals surface area contributed by atoms with Crippen LogP contribution in [0.3, 0.4) is 0 Å². The summed E-state index contributed by atoms with van der Waals surface area (Å²) in [5.41, 5.74) is 4.50. The molecule has 2 rings (SSSR count). The summed E-state index contributed by atoms with van der Waals surface area (Å²) in [7, 11) is 1.50. The number of likely N-dealkylation sites (tertiary alicyclic amines) is 1. The number of hydrogen-bond donors (Lipinski definition) is 1. The molecule has 0 aromatic heterocycles. The molecule has 2 fully saturated rings. The molecule has 0 amide bonds. The Morgan fingerprint density at radius 2 is 1.54 bits per heavy atom. The van der Waals surface area contributed by atoms with Crippen molar-refractivity contribution in [3.05, 3.63) is 0 Å². The maximum Gasteiger partial charge on any atom is 0.000966 e. The minimum absolute atomic E-state index is 1.06. The van der Waals surface area contributed by atoms with Crippen molar-refractivity contribution >= 4 is 0 Å². The van der Waals surface area contributed by atoms with Crippen molar-refractivity contribution < 1.29 is 0 Å². The van der Waals surface area contributed by atoms with Crippen LogP contribution in [0.15, 0.2) is 0 Å². The van der Waals surface area contributed by atoms with Crippen molar-refractivity contribution in [3.8, 4) is 0 Å². The molecular weight excluding hydrogens is 160 g/mol. The topological polar surface area (TPSA) is 29.3 Å². The van der Waals surface area contributed by atoms with E-state index in [0.29, 0.717) is 0 Å². The Balaban J connectivity index is 0.000000396. The fraction of sp³-hybridized carbons (Fsp3) is 1.00. The van der Waals surface area contributed by atoms with Gasteiger partial charge in [-0.1, -0.05) is 12.8 Å². The largest absolute Gasteiger partial charge is 0.333 e. The molecule has 0 aromatic carbocycles. The predicted octanol–water partition coefficient (Wildman–Crippen LogP) is 1.85. The van der Waals surface area contributed by atoms with Crippen LogP contribution in [0.25, 0.3) is 0 Å². The highest BCUT2D eigenvalue weighted by molar-refractivity contribution is 4.74. The molecule has 1 heterocycles. The Morgan fingerprint density at radius 1 is 1.00 bits per heavy atom. The zero-order chi connectivity index (χ0) is 9.52. The third-order valence-corrected chi connectivity index (χ3v) is 3.19. The fourth-order valence-corrected chi connectivity index (χ4v) is 2.52. The van der Waals surface area contributed by atoms with E-state index in [9.17, 15) is 0 Å². The Kier molecular flexibility index (Phi) is 5.40. The maximum absolute atomic E-state index is 4.50. The van der Waals surface area contributed by atoms with Crippen LogP contribution in [0.2, 0.25) is 0 Å². The molecule has 1 saturated carbocycles.